The highest BCUT2D eigenvalue weighted by molar-refractivity contribution is 5.97. The number of urea groups is 1. The number of Topliss-reactive ketones (excluding diaryl/α,β-unsaturated/α-hetero) is 1. The Bertz CT molecular complexity index is 471. The molecule has 6 heteroatoms. The second kappa shape index (κ2) is 6.39. The second-order valence-corrected chi connectivity index (χ2v) is 3.62. The van der Waals surface area contributed by atoms with Crippen molar-refractivity contribution in [1.29, 1.82) is 0 Å². The third kappa shape index (κ3) is 4.25. The molecule has 0 saturated heterocycles. The van der Waals surface area contributed by atoms with Gasteiger partial charge in [-0.1, -0.05) is 12.1 Å². The van der Waals surface area contributed by atoms with E-state index >= 15 is 0 Å². The first-order valence-electron chi connectivity index (χ1n) is 5.39. The van der Waals surface area contributed by atoms with Crippen molar-refractivity contribution in [2.45, 2.75) is 6.92 Å². The lowest BCUT2D eigenvalue weighted by Crippen LogP contribution is -2.40. The van der Waals surface area contributed by atoms with Crippen LogP contribution in [0.1, 0.15) is 17.3 Å². The summed E-state index contributed by atoms with van der Waals surface area (Å²) in [6.45, 7) is 1.42. The zero-order valence-corrected chi connectivity index (χ0v) is 10.2. The van der Waals surface area contributed by atoms with Crippen LogP contribution in [-0.4, -0.2) is 31.3 Å². The first-order chi connectivity index (χ1) is 8.52. The topological polar surface area (TPSA) is 87.3 Å². The number of carbonyl (C=O) groups is 3. The van der Waals surface area contributed by atoms with Crippen LogP contribution in [0.15, 0.2) is 24.3 Å². The SMILES string of the molecule is CNC(=O)NC(=O)CNc1cccc(C(C)=O)c1. The number of imide groups is 1. The minimum Gasteiger partial charge on any atom is -0.376 e. The molecule has 0 aromatic heterocycles. The summed E-state index contributed by atoms with van der Waals surface area (Å²) in [7, 11) is 1.42. The standard InChI is InChI=1S/C12H15N3O3/c1-8(16)9-4-3-5-10(6-9)14-7-11(17)15-12(18)13-2/h3-6,14H,7H2,1-2H3,(H2,13,15,17,18). The number of anilines is 1. The van der Waals surface area contributed by atoms with Gasteiger partial charge in [-0.2, -0.15) is 0 Å². The van der Waals surface area contributed by atoms with Crippen LogP contribution in [0, 0.1) is 0 Å². The van der Waals surface area contributed by atoms with E-state index in [1.807, 2.05) is 0 Å². The Kier molecular flexibility index (Phi) is 4.86. The smallest absolute Gasteiger partial charge is 0.321 e. The molecule has 6 nitrogen and oxygen atoms in total. The van der Waals surface area contributed by atoms with E-state index in [-0.39, 0.29) is 12.3 Å². The molecule has 0 fully saturated rings. The van der Waals surface area contributed by atoms with Crippen LogP contribution >= 0.6 is 0 Å². The minimum absolute atomic E-state index is 0.0468. The molecule has 0 radical (unpaired) electrons. The van der Waals surface area contributed by atoms with Gasteiger partial charge in [-0.15, -0.1) is 0 Å². The fourth-order valence-corrected chi connectivity index (χ4v) is 1.26. The first-order valence-corrected chi connectivity index (χ1v) is 5.39. The van der Waals surface area contributed by atoms with Gasteiger partial charge in [0.1, 0.15) is 0 Å². The molecule has 18 heavy (non-hydrogen) atoms. The van der Waals surface area contributed by atoms with E-state index in [1.54, 1.807) is 24.3 Å². The predicted molar refractivity (Wildman–Crippen MR) is 67.5 cm³/mol. The molecule has 0 aliphatic rings. The monoisotopic (exact) mass is 249 g/mol. The Morgan fingerprint density at radius 1 is 1.22 bits per heavy atom. The molecule has 1 aromatic carbocycles. The van der Waals surface area contributed by atoms with Crippen molar-refractivity contribution < 1.29 is 14.4 Å². The summed E-state index contributed by atoms with van der Waals surface area (Å²) in [4.78, 5) is 33.3. The molecular weight excluding hydrogens is 234 g/mol. The number of amides is 3. The Morgan fingerprint density at radius 2 is 1.94 bits per heavy atom. The maximum atomic E-state index is 11.3. The highest BCUT2D eigenvalue weighted by atomic mass is 16.2. The van der Waals surface area contributed by atoms with Gasteiger partial charge in [0.25, 0.3) is 0 Å². The van der Waals surface area contributed by atoms with Gasteiger partial charge < -0.3 is 10.6 Å². The van der Waals surface area contributed by atoms with Gasteiger partial charge in [0, 0.05) is 18.3 Å². The largest absolute Gasteiger partial charge is 0.376 e. The van der Waals surface area contributed by atoms with Crippen molar-refractivity contribution in [1.82, 2.24) is 10.6 Å². The maximum absolute atomic E-state index is 11.3. The summed E-state index contributed by atoms with van der Waals surface area (Å²) >= 11 is 0. The number of nitrogens with one attached hydrogen (secondary N) is 3. The maximum Gasteiger partial charge on any atom is 0.321 e. The lowest BCUT2D eigenvalue weighted by atomic mass is 10.1. The number of carbonyl (C=O) groups excluding carboxylic acids is 3. The van der Waals surface area contributed by atoms with Gasteiger partial charge in [-0.3, -0.25) is 14.9 Å². The van der Waals surface area contributed by atoms with E-state index in [9.17, 15) is 14.4 Å². The van der Waals surface area contributed by atoms with Crippen LogP contribution in [0.4, 0.5) is 10.5 Å². The zero-order valence-electron chi connectivity index (χ0n) is 10.2. The molecular formula is C12H15N3O3. The van der Waals surface area contributed by atoms with Gasteiger partial charge in [-0.25, -0.2) is 4.79 Å². The van der Waals surface area contributed by atoms with E-state index < -0.39 is 11.9 Å². The normalized spacial score (nSPS) is 9.44. The molecule has 0 spiro atoms. The molecule has 0 saturated carbocycles. The van der Waals surface area contributed by atoms with Crippen molar-refractivity contribution in [2.24, 2.45) is 0 Å². The zero-order chi connectivity index (χ0) is 13.5. The quantitative estimate of drug-likeness (QED) is 0.687. The number of rotatable bonds is 4. The Morgan fingerprint density at radius 3 is 2.56 bits per heavy atom. The van der Waals surface area contributed by atoms with Gasteiger partial charge in [-0.05, 0) is 19.1 Å². The number of benzene rings is 1. The fraction of sp³-hybridized carbons (Fsp3) is 0.250. The van der Waals surface area contributed by atoms with Gasteiger partial charge >= 0.3 is 6.03 Å². The Balaban J connectivity index is 2.53. The van der Waals surface area contributed by atoms with Gasteiger partial charge in [0.2, 0.25) is 5.91 Å². The minimum atomic E-state index is -0.556. The molecule has 0 bridgehead atoms. The summed E-state index contributed by atoms with van der Waals surface area (Å²) in [5.74, 6) is -0.504. The third-order valence-electron chi connectivity index (χ3n) is 2.20. The van der Waals surface area contributed by atoms with Crippen LogP contribution in [0.3, 0.4) is 0 Å². The average molecular weight is 249 g/mol. The average Bonchev–Trinajstić information content (AvgIpc) is 2.36. The summed E-state index contributed by atoms with van der Waals surface area (Å²) in [5, 5.41) is 7.22. The van der Waals surface area contributed by atoms with Crippen LogP contribution in [0.5, 0.6) is 0 Å². The Labute approximate surface area is 105 Å². The fourth-order valence-electron chi connectivity index (χ4n) is 1.26. The highest BCUT2D eigenvalue weighted by Gasteiger charge is 2.06. The number of hydrogen-bond acceptors (Lipinski definition) is 4. The van der Waals surface area contributed by atoms with Crippen LogP contribution in [0.2, 0.25) is 0 Å². The molecule has 3 amide bonds. The molecule has 96 valence electrons. The molecule has 3 N–H and O–H groups in total. The van der Waals surface area contributed by atoms with Crippen molar-refractivity contribution in [3.63, 3.8) is 0 Å². The van der Waals surface area contributed by atoms with Gasteiger partial charge in [0.15, 0.2) is 5.78 Å². The van der Waals surface area contributed by atoms with E-state index in [0.29, 0.717) is 11.3 Å². The summed E-state index contributed by atoms with van der Waals surface area (Å²) in [6.07, 6.45) is 0. The van der Waals surface area contributed by atoms with Crippen molar-refractivity contribution >= 4 is 23.4 Å². The Hall–Kier alpha value is -2.37. The lowest BCUT2D eigenvalue weighted by Gasteiger charge is -2.07. The van der Waals surface area contributed by atoms with Crippen molar-refractivity contribution in [2.75, 3.05) is 18.9 Å². The van der Waals surface area contributed by atoms with Crippen LogP contribution < -0.4 is 16.0 Å². The summed E-state index contributed by atoms with van der Waals surface area (Å²) in [5.41, 5.74) is 1.21. The van der Waals surface area contributed by atoms with Gasteiger partial charge in [0.05, 0.1) is 6.54 Å². The summed E-state index contributed by atoms with van der Waals surface area (Å²) < 4.78 is 0. The molecule has 0 aliphatic carbocycles. The number of ketones is 1. The first kappa shape index (κ1) is 13.7. The van der Waals surface area contributed by atoms with E-state index in [1.165, 1.54) is 14.0 Å². The molecule has 0 aliphatic heterocycles. The molecule has 0 heterocycles. The summed E-state index contributed by atoms with van der Waals surface area (Å²) in [6, 6.07) is 6.24. The van der Waals surface area contributed by atoms with E-state index in [4.69, 9.17) is 0 Å². The van der Waals surface area contributed by atoms with E-state index in [0.717, 1.165) is 0 Å². The van der Waals surface area contributed by atoms with Crippen molar-refractivity contribution in [3.8, 4) is 0 Å². The third-order valence-corrected chi connectivity index (χ3v) is 2.20. The van der Waals surface area contributed by atoms with Crippen LogP contribution in [0.25, 0.3) is 0 Å². The van der Waals surface area contributed by atoms with E-state index in [2.05, 4.69) is 16.0 Å². The molecule has 0 unspecified atom stereocenters. The second-order valence-electron chi connectivity index (χ2n) is 3.62. The number of hydrogen-bond donors (Lipinski definition) is 3. The molecule has 1 rings (SSSR count). The predicted octanol–water partition coefficient (Wildman–Crippen LogP) is 0.757. The molecule has 1 aromatic rings. The highest BCUT2D eigenvalue weighted by Crippen LogP contribution is 2.10. The van der Waals surface area contributed by atoms with Crippen LogP contribution in [-0.2, 0) is 4.79 Å². The lowest BCUT2D eigenvalue weighted by molar-refractivity contribution is -0.118. The molecule has 0 atom stereocenters. The van der Waals surface area contributed by atoms with Crippen molar-refractivity contribution in [3.05, 3.63) is 29.8 Å².